The number of esters is 1. The summed E-state index contributed by atoms with van der Waals surface area (Å²) in [6, 6.07) is 24.0. The highest BCUT2D eigenvalue weighted by Gasteiger charge is 2.52. The van der Waals surface area contributed by atoms with Gasteiger partial charge < -0.3 is 15.8 Å². The van der Waals surface area contributed by atoms with E-state index in [-0.39, 0.29) is 5.92 Å². The van der Waals surface area contributed by atoms with E-state index in [2.05, 4.69) is 29.6 Å². The topological polar surface area (TPSA) is 81.4 Å². The quantitative estimate of drug-likeness (QED) is 0.176. The molecule has 5 unspecified atom stereocenters. The number of nitrogens with two attached hydrogens (primary N) is 1. The second-order valence-corrected chi connectivity index (χ2v) is 12.6. The Kier molecular flexibility index (Phi) is 7.29. The lowest BCUT2D eigenvalue weighted by Crippen LogP contribution is -2.51. The van der Waals surface area contributed by atoms with Gasteiger partial charge in [0.25, 0.3) is 0 Å². The van der Waals surface area contributed by atoms with Crippen LogP contribution in [0.2, 0.25) is 5.02 Å². The fraction of sp³-hybridized carbons (Fsp3) is 0.371. The zero-order valence-corrected chi connectivity index (χ0v) is 24.5. The average Bonchev–Trinajstić information content (AvgIpc) is 3.07. The summed E-state index contributed by atoms with van der Waals surface area (Å²) < 4.78 is 6.53. The van der Waals surface area contributed by atoms with Crippen molar-refractivity contribution in [2.45, 2.75) is 63.6 Å². The molecule has 0 saturated heterocycles. The van der Waals surface area contributed by atoms with Gasteiger partial charge in [0.05, 0.1) is 6.04 Å². The first-order chi connectivity index (χ1) is 19.7. The number of hydrogen-bond donors (Lipinski definition) is 2. The first kappa shape index (κ1) is 27.7. The standard InChI is InChI=1S/C35H37ClN2O3/c1-20(2)32(37)33(39)38-21(3)34(40)41-35(25-9-5-4-6-10-25,29-11-7-8-12-30(29)36)26-15-13-22(14-16-26)27-18-23-17-24-19-28(27)31(23)24/h4-16,20-21,23,27-28,32H,17-19,37H2,1-3H3,(H,38,39)/t21?,23?,27?,28-,32?,35?/m1/s1. The molecule has 0 radical (unpaired) electrons. The van der Waals surface area contributed by atoms with Crippen molar-refractivity contribution in [1.29, 1.82) is 0 Å². The molecule has 3 aromatic carbocycles. The molecule has 0 spiro atoms. The summed E-state index contributed by atoms with van der Waals surface area (Å²) in [6.45, 7) is 5.35. The number of ether oxygens (including phenoxy) is 1. The molecule has 1 saturated carbocycles. The number of carbonyl (C=O) groups excluding carboxylic acids is 2. The highest BCUT2D eigenvalue weighted by atomic mass is 35.5. The van der Waals surface area contributed by atoms with Gasteiger partial charge in [-0.1, -0.05) is 109 Å². The van der Waals surface area contributed by atoms with Crippen LogP contribution in [0.3, 0.4) is 0 Å². The second-order valence-electron chi connectivity index (χ2n) is 12.2. The summed E-state index contributed by atoms with van der Waals surface area (Å²) in [5, 5.41) is 3.23. The van der Waals surface area contributed by atoms with E-state index in [1.165, 1.54) is 24.8 Å². The number of benzene rings is 3. The van der Waals surface area contributed by atoms with Gasteiger partial charge in [0.2, 0.25) is 5.91 Å². The first-order valence-electron chi connectivity index (χ1n) is 14.6. The zero-order chi connectivity index (χ0) is 28.9. The number of halogens is 1. The summed E-state index contributed by atoms with van der Waals surface area (Å²) in [7, 11) is 0. The molecule has 3 aliphatic carbocycles. The van der Waals surface area contributed by atoms with E-state index in [1.54, 1.807) is 24.1 Å². The van der Waals surface area contributed by atoms with E-state index in [9.17, 15) is 9.59 Å². The van der Waals surface area contributed by atoms with Gasteiger partial charge >= 0.3 is 5.97 Å². The number of amides is 1. The van der Waals surface area contributed by atoms with E-state index in [1.807, 2.05) is 62.4 Å². The lowest BCUT2D eigenvalue weighted by atomic mass is 9.63. The van der Waals surface area contributed by atoms with Gasteiger partial charge in [-0.15, -0.1) is 0 Å². The maximum atomic E-state index is 13.8. The Morgan fingerprint density at radius 2 is 1.56 bits per heavy atom. The summed E-state index contributed by atoms with van der Waals surface area (Å²) >= 11 is 6.85. The Balaban J connectivity index is 1.40. The summed E-state index contributed by atoms with van der Waals surface area (Å²) in [6.07, 6.45) is 3.76. The van der Waals surface area contributed by atoms with Gasteiger partial charge in [-0.2, -0.15) is 0 Å². The van der Waals surface area contributed by atoms with Crippen molar-refractivity contribution >= 4 is 23.5 Å². The van der Waals surface area contributed by atoms with Crippen molar-refractivity contribution in [3.8, 4) is 0 Å². The Morgan fingerprint density at radius 3 is 2.20 bits per heavy atom. The molecule has 0 heterocycles. The van der Waals surface area contributed by atoms with Crippen LogP contribution < -0.4 is 11.1 Å². The van der Waals surface area contributed by atoms with Gasteiger partial charge in [0.1, 0.15) is 6.04 Å². The molecule has 6 rings (SSSR count). The van der Waals surface area contributed by atoms with Crippen molar-refractivity contribution in [3.63, 3.8) is 0 Å². The molecule has 6 atom stereocenters. The summed E-state index contributed by atoms with van der Waals surface area (Å²) in [5.41, 5.74) is 11.7. The number of nitrogens with one attached hydrogen (secondary N) is 1. The van der Waals surface area contributed by atoms with Crippen LogP contribution in [0.15, 0.2) is 90.0 Å². The summed E-state index contributed by atoms with van der Waals surface area (Å²) in [4.78, 5) is 26.5. The fourth-order valence-corrected chi connectivity index (χ4v) is 7.32. The number of hydrogen-bond acceptors (Lipinski definition) is 4. The largest absolute Gasteiger partial charge is 0.443 e. The van der Waals surface area contributed by atoms with Gasteiger partial charge in [-0.25, -0.2) is 4.79 Å². The van der Waals surface area contributed by atoms with Gasteiger partial charge in [-0.3, -0.25) is 4.79 Å². The van der Waals surface area contributed by atoms with Crippen molar-refractivity contribution in [1.82, 2.24) is 5.32 Å². The Labute approximate surface area is 247 Å². The van der Waals surface area contributed by atoms with E-state index < -0.39 is 29.6 Å². The highest BCUT2D eigenvalue weighted by molar-refractivity contribution is 6.31. The molecule has 3 N–H and O–H groups in total. The van der Waals surface area contributed by atoms with Crippen LogP contribution in [0.5, 0.6) is 0 Å². The number of allylic oxidation sites excluding steroid dienone is 2. The lowest BCUT2D eigenvalue weighted by Gasteiger charge is -2.41. The minimum absolute atomic E-state index is 0.0684. The average molecular weight is 569 g/mol. The van der Waals surface area contributed by atoms with Crippen LogP contribution in [-0.4, -0.2) is 24.0 Å². The van der Waals surface area contributed by atoms with Gasteiger partial charge in [0, 0.05) is 21.7 Å². The maximum absolute atomic E-state index is 13.8. The molecule has 212 valence electrons. The van der Waals surface area contributed by atoms with E-state index in [0.29, 0.717) is 22.4 Å². The maximum Gasteiger partial charge on any atom is 0.329 e. The lowest BCUT2D eigenvalue weighted by molar-refractivity contribution is -0.157. The Hall–Kier alpha value is -3.41. The Bertz CT molecular complexity index is 1500. The van der Waals surface area contributed by atoms with Crippen LogP contribution in [0.25, 0.3) is 0 Å². The summed E-state index contributed by atoms with van der Waals surface area (Å²) in [5.74, 6) is 0.976. The molecular formula is C35H37ClN2O3. The molecule has 1 fully saturated rings. The van der Waals surface area contributed by atoms with Gasteiger partial charge in [-0.05, 0) is 61.5 Å². The molecule has 3 aliphatic rings. The predicted octanol–water partition coefficient (Wildman–Crippen LogP) is 6.49. The fourth-order valence-electron chi connectivity index (χ4n) is 7.05. The molecule has 0 aliphatic heterocycles. The molecule has 5 nitrogen and oxygen atoms in total. The van der Waals surface area contributed by atoms with Crippen LogP contribution >= 0.6 is 11.6 Å². The third-order valence-electron chi connectivity index (χ3n) is 9.40. The van der Waals surface area contributed by atoms with Gasteiger partial charge in [0.15, 0.2) is 5.60 Å². The van der Waals surface area contributed by atoms with Crippen LogP contribution in [0.1, 0.15) is 68.2 Å². The second kappa shape index (κ2) is 10.8. The smallest absolute Gasteiger partial charge is 0.329 e. The molecule has 0 bridgehead atoms. The number of rotatable bonds is 9. The minimum Gasteiger partial charge on any atom is -0.443 e. The van der Waals surface area contributed by atoms with Crippen molar-refractivity contribution in [3.05, 3.63) is 117 Å². The van der Waals surface area contributed by atoms with E-state index in [4.69, 9.17) is 22.1 Å². The SMILES string of the molecule is CC(NC(=O)C(N)C(C)C)C(=O)OC(c1ccccc1)(c1ccc(C2CC3CC4=C3[C@@H]2C4)cc1)c1ccccc1Cl. The zero-order valence-electron chi connectivity index (χ0n) is 23.8. The highest BCUT2D eigenvalue weighted by Crippen LogP contribution is 2.65. The molecule has 41 heavy (non-hydrogen) atoms. The first-order valence-corrected chi connectivity index (χ1v) is 15.0. The van der Waals surface area contributed by atoms with Crippen LogP contribution in [0.4, 0.5) is 0 Å². The predicted molar refractivity (Wildman–Crippen MR) is 161 cm³/mol. The molecular weight excluding hydrogens is 532 g/mol. The number of carbonyl (C=O) groups is 2. The monoisotopic (exact) mass is 568 g/mol. The third kappa shape index (κ3) is 4.69. The van der Waals surface area contributed by atoms with E-state index in [0.717, 1.165) is 17.0 Å². The van der Waals surface area contributed by atoms with Crippen molar-refractivity contribution in [2.24, 2.45) is 23.5 Å². The van der Waals surface area contributed by atoms with E-state index >= 15 is 0 Å². The normalized spacial score (nSPS) is 23.5. The van der Waals surface area contributed by atoms with Crippen molar-refractivity contribution < 1.29 is 14.3 Å². The van der Waals surface area contributed by atoms with Crippen LogP contribution in [0, 0.1) is 17.8 Å². The molecule has 3 aromatic rings. The van der Waals surface area contributed by atoms with Crippen LogP contribution in [-0.2, 0) is 19.9 Å². The molecule has 1 amide bonds. The van der Waals surface area contributed by atoms with Crippen molar-refractivity contribution in [2.75, 3.05) is 0 Å². The molecule has 0 aromatic heterocycles. The molecule has 6 heteroatoms. The third-order valence-corrected chi connectivity index (χ3v) is 9.73. The minimum atomic E-state index is -1.34. The Morgan fingerprint density at radius 1 is 0.902 bits per heavy atom.